The van der Waals surface area contributed by atoms with Crippen molar-refractivity contribution in [1.29, 1.82) is 0 Å². The van der Waals surface area contributed by atoms with Crippen molar-refractivity contribution in [2.45, 2.75) is 0 Å². The number of rotatable bonds is 4. The minimum Gasteiger partial charge on any atom is -0.455 e. The summed E-state index contributed by atoms with van der Waals surface area (Å²) in [7, 11) is 0. The van der Waals surface area contributed by atoms with Crippen LogP contribution in [0, 0.1) is 0 Å². The highest BCUT2D eigenvalue weighted by Gasteiger charge is 2.20. The Morgan fingerprint density at radius 2 is 1.04 bits per heavy atom. The van der Waals surface area contributed by atoms with Gasteiger partial charge in [-0.3, -0.25) is 0 Å². The number of thiophene rings is 1. The zero-order valence-electron chi connectivity index (χ0n) is 25.6. The molecule has 48 heavy (non-hydrogen) atoms. The number of hydrogen-bond donors (Lipinski definition) is 0. The zero-order valence-corrected chi connectivity index (χ0v) is 26.4. The molecule has 0 aliphatic rings. The maximum atomic E-state index is 6.59. The molecule has 7 aromatic carbocycles. The summed E-state index contributed by atoms with van der Waals surface area (Å²) in [6.45, 7) is 0. The van der Waals surface area contributed by atoms with Crippen LogP contribution < -0.4 is 0 Å². The van der Waals surface area contributed by atoms with Gasteiger partial charge in [0.15, 0.2) is 17.5 Å². The van der Waals surface area contributed by atoms with Crippen LogP contribution in [-0.4, -0.2) is 15.0 Å². The Labute approximate surface area is 279 Å². The van der Waals surface area contributed by atoms with E-state index in [2.05, 4.69) is 115 Å². The van der Waals surface area contributed by atoms with Gasteiger partial charge < -0.3 is 4.42 Å². The Morgan fingerprint density at radius 1 is 0.438 bits per heavy atom. The Balaban J connectivity index is 1.14. The lowest BCUT2D eigenvalue weighted by Gasteiger charge is -2.10. The van der Waals surface area contributed by atoms with E-state index in [1.54, 1.807) is 0 Å². The van der Waals surface area contributed by atoms with Crippen molar-refractivity contribution in [1.82, 2.24) is 15.0 Å². The predicted molar refractivity (Wildman–Crippen MR) is 199 cm³/mol. The summed E-state index contributed by atoms with van der Waals surface area (Å²) >= 11 is 1.83. The van der Waals surface area contributed by atoms with E-state index < -0.39 is 0 Å². The molecular formula is C43H25N3OS. The minimum absolute atomic E-state index is 0.631. The molecule has 3 heterocycles. The summed E-state index contributed by atoms with van der Waals surface area (Å²) in [6.07, 6.45) is 0. The van der Waals surface area contributed by atoms with Crippen molar-refractivity contribution in [2.24, 2.45) is 0 Å². The first-order valence-corrected chi connectivity index (χ1v) is 16.8. The Bertz CT molecular complexity index is 2830. The molecule has 10 rings (SSSR count). The first-order chi connectivity index (χ1) is 23.8. The SMILES string of the molecule is c1ccc(-c2nc(-c3ccc(-c4cc5c6ccccc6sc5c5c4oc4ccccc45)cc3)nc(-c3ccc4ccccc4c3)n2)cc1. The lowest BCUT2D eigenvalue weighted by atomic mass is 9.98. The number of fused-ring (bicyclic) bond motifs is 8. The van der Waals surface area contributed by atoms with Gasteiger partial charge in [-0.25, -0.2) is 15.0 Å². The van der Waals surface area contributed by atoms with E-state index in [9.17, 15) is 0 Å². The highest BCUT2D eigenvalue weighted by atomic mass is 32.1. The number of hydrogen-bond acceptors (Lipinski definition) is 5. The van der Waals surface area contributed by atoms with Crippen LogP contribution >= 0.6 is 11.3 Å². The molecule has 0 unspecified atom stereocenters. The third-order valence-corrected chi connectivity index (χ3v) is 10.3. The largest absolute Gasteiger partial charge is 0.455 e. The molecule has 0 fully saturated rings. The van der Waals surface area contributed by atoms with Crippen LogP contribution in [0.3, 0.4) is 0 Å². The van der Waals surface area contributed by atoms with Gasteiger partial charge in [-0.15, -0.1) is 11.3 Å². The molecule has 0 bridgehead atoms. The summed E-state index contributed by atoms with van der Waals surface area (Å²) < 4.78 is 9.13. The van der Waals surface area contributed by atoms with E-state index in [0.29, 0.717) is 17.5 Å². The van der Waals surface area contributed by atoms with Crippen LogP contribution in [0.4, 0.5) is 0 Å². The molecule has 0 N–H and O–H groups in total. The van der Waals surface area contributed by atoms with Gasteiger partial charge in [-0.1, -0.05) is 127 Å². The monoisotopic (exact) mass is 631 g/mol. The van der Waals surface area contributed by atoms with Gasteiger partial charge in [0, 0.05) is 53.2 Å². The number of aromatic nitrogens is 3. The first-order valence-electron chi connectivity index (χ1n) is 15.9. The standard InChI is InChI=1S/C43H25N3OS/c1-2-11-28(12-3-1)41-44-42(46-43(45-41)31-23-18-26-10-4-5-13-30(26)24-31)29-21-19-27(20-22-29)34-25-35-32-14-7-9-17-37(32)48-40(35)38-33-15-6-8-16-36(33)47-39(34)38/h1-25H. The van der Waals surface area contributed by atoms with Gasteiger partial charge in [0.05, 0.1) is 0 Å². The molecule has 0 saturated heterocycles. The van der Waals surface area contributed by atoms with E-state index in [4.69, 9.17) is 19.4 Å². The lowest BCUT2D eigenvalue weighted by molar-refractivity contribution is 0.670. The van der Waals surface area contributed by atoms with Gasteiger partial charge in [-0.2, -0.15) is 0 Å². The molecule has 3 aromatic heterocycles. The zero-order chi connectivity index (χ0) is 31.6. The summed E-state index contributed by atoms with van der Waals surface area (Å²) in [5, 5.41) is 7.16. The maximum absolute atomic E-state index is 6.59. The molecule has 5 heteroatoms. The smallest absolute Gasteiger partial charge is 0.164 e. The summed E-state index contributed by atoms with van der Waals surface area (Å²) in [4.78, 5) is 14.9. The number of para-hydroxylation sites is 1. The third-order valence-electron chi connectivity index (χ3n) is 9.12. The minimum atomic E-state index is 0.631. The van der Waals surface area contributed by atoms with Crippen molar-refractivity contribution < 1.29 is 4.42 Å². The topological polar surface area (TPSA) is 51.8 Å². The van der Waals surface area contributed by atoms with Crippen molar-refractivity contribution in [2.75, 3.05) is 0 Å². The van der Waals surface area contributed by atoms with Gasteiger partial charge in [0.1, 0.15) is 11.2 Å². The average Bonchev–Trinajstić information content (AvgIpc) is 3.73. The van der Waals surface area contributed by atoms with E-state index in [0.717, 1.165) is 49.8 Å². The molecule has 0 atom stereocenters. The second-order valence-electron chi connectivity index (χ2n) is 12.0. The van der Waals surface area contributed by atoms with E-state index in [1.807, 2.05) is 47.7 Å². The number of benzene rings is 7. The van der Waals surface area contributed by atoms with Gasteiger partial charge in [-0.05, 0) is 40.6 Å². The average molecular weight is 632 g/mol. The predicted octanol–water partition coefficient (Wildman–Crippen LogP) is 12.0. The molecule has 0 amide bonds. The highest BCUT2D eigenvalue weighted by Crippen LogP contribution is 2.46. The first kappa shape index (κ1) is 27.0. The Hall–Kier alpha value is -6.17. The van der Waals surface area contributed by atoms with Crippen LogP contribution in [0.1, 0.15) is 0 Å². The number of nitrogens with zero attached hydrogens (tertiary/aromatic N) is 3. The summed E-state index contributed by atoms with van der Waals surface area (Å²) in [6, 6.07) is 52.6. The third kappa shape index (κ3) is 4.33. The molecule has 224 valence electrons. The fraction of sp³-hybridized carbons (Fsp3) is 0. The normalized spacial score (nSPS) is 11.8. The highest BCUT2D eigenvalue weighted by molar-refractivity contribution is 7.26. The van der Waals surface area contributed by atoms with Crippen LogP contribution in [0.2, 0.25) is 0 Å². The molecule has 0 radical (unpaired) electrons. The quantitative estimate of drug-likeness (QED) is 0.194. The van der Waals surface area contributed by atoms with E-state index in [-0.39, 0.29) is 0 Å². The molecule has 0 saturated carbocycles. The van der Waals surface area contributed by atoms with Crippen molar-refractivity contribution in [3.8, 4) is 45.3 Å². The van der Waals surface area contributed by atoms with Crippen LogP contribution in [0.5, 0.6) is 0 Å². The Morgan fingerprint density at radius 3 is 1.85 bits per heavy atom. The number of furan rings is 1. The van der Waals surface area contributed by atoms with Gasteiger partial charge >= 0.3 is 0 Å². The van der Waals surface area contributed by atoms with Crippen molar-refractivity contribution in [3.63, 3.8) is 0 Å². The second-order valence-corrected chi connectivity index (χ2v) is 13.1. The molecule has 0 aliphatic heterocycles. The fourth-order valence-electron chi connectivity index (χ4n) is 6.76. The van der Waals surface area contributed by atoms with Crippen molar-refractivity contribution in [3.05, 3.63) is 152 Å². The van der Waals surface area contributed by atoms with Crippen LogP contribution in [0.15, 0.2) is 156 Å². The Kier molecular flexibility index (Phi) is 6.01. The van der Waals surface area contributed by atoms with Gasteiger partial charge in [0.2, 0.25) is 0 Å². The van der Waals surface area contributed by atoms with Crippen LogP contribution in [-0.2, 0) is 0 Å². The molecule has 4 nitrogen and oxygen atoms in total. The van der Waals surface area contributed by atoms with Gasteiger partial charge in [0.25, 0.3) is 0 Å². The van der Waals surface area contributed by atoms with Crippen LogP contribution in [0.25, 0.3) is 98.2 Å². The molecule has 0 aliphatic carbocycles. The van der Waals surface area contributed by atoms with Crippen molar-refractivity contribution >= 4 is 64.2 Å². The molecule has 0 spiro atoms. The van der Waals surface area contributed by atoms with E-state index >= 15 is 0 Å². The molecular weight excluding hydrogens is 607 g/mol. The second kappa shape index (κ2) is 10.7. The summed E-state index contributed by atoms with van der Waals surface area (Å²) in [5.41, 5.74) is 6.78. The fourth-order valence-corrected chi connectivity index (χ4v) is 8.00. The molecule has 10 aromatic rings. The summed E-state index contributed by atoms with van der Waals surface area (Å²) in [5.74, 6) is 1.92. The maximum Gasteiger partial charge on any atom is 0.164 e. The lowest BCUT2D eigenvalue weighted by Crippen LogP contribution is -2.00. The van der Waals surface area contributed by atoms with E-state index in [1.165, 1.54) is 30.9 Å².